The van der Waals surface area contributed by atoms with Gasteiger partial charge in [-0.25, -0.2) is 0 Å². The number of nitrogens with two attached hydrogens (primary N) is 1. The highest BCUT2D eigenvalue weighted by Gasteiger charge is 2.26. The summed E-state index contributed by atoms with van der Waals surface area (Å²) in [6, 6.07) is 1.37. The summed E-state index contributed by atoms with van der Waals surface area (Å²) in [5.41, 5.74) is 4.92. The average Bonchev–Trinajstić information content (AvgIpc) is 2.52. The number of ether oxygens (including phenoxy) is 2. The van der Waals surface area contributed by atoms with Crippen molar-refractivity contribution in [2.45, 2.75) is 0 Å². The summed E-state index contributed by atoms with van der Waals surface area (Å²) in [6.07, 6.45) is 0. The molecule has 0 saturated heterocycles. The zero-order chi connectivity index (χ0) is 10.3. The fourth-order valence-electron chi connectivity index (χ4n) is 1.23. The monoisotopic (exact) mass is 215 g/mol. The molecule has 0 fully saturated rings. The summed E-state index contributed by atoms with van der Waals surface area (Å²) >= 11 is 5.65. The van der Waals surface area contributed by atoms with Crippen molar-refractivity contribution in [3.8, 4) is 17.2 Å². The molecule has 1 aliphatic rings. The number of carbonyl (C=O) groups is 1. The topological polar surface area (TPSA) is 81.8 Å². The summed E-state index contributed by atoms with van der Waals surface area (Å²) in [4.78, 5) is 11.0. The molecule has 5 nitrogen and oxygen atoms in total. The molecule has 1 heterocycles. The lowest BCUT2D eigenvalue weighted by molar-refractivity contribution is 0.0993. The Morgan fingerprint density at radius 1 is 1.57 bits per heavy atom. The number of aromatic hydroxyl groups is 1. The zero-order valence-corrected chi connectivity index (χ0v) is 7.67. The SMILES string of the molecule is NC(=O)c1c(O)c(Cl)cc2c1OCO2. The number of amides is 1. The summed E-state index contributed by atoms with van der Waals surface area (Å²) in [5, 5.41) is 9.47. The van der Waals surface area contributed by atoms with Crippen LogP contribution in [-0.4, -0.2) is 17.8 Å². The third-order valence-electron chi connectivity index (χ3n) is 1.84. The molecule has 0 spiro atoms. The zero-order valence-electron chi connectivity index (χ0n) is 6.91. The van der Waals surface area contributed by atoms with E-state index in [1.165, 1.54) is 6.07 Å². The van der Waals surface area contributed by atoms with Crippen molar-refractivity contribution in [2.24, 2.45) is 5.73 Å². The Morgan fingerprint density at radius 2 is 2.29 bits per heavy atom. The van der Waals surface area contributed by atoms with Crippen molar-refractivity contribution in [1.82, 2.24) is 0 Å². The predicted octanol–water partition coefficient (Wildman–Crippen LogP) is 0.873. The first kappa shape index (κ1) is 8.96. The van der Waals surface area contributed by atoms with Crippen LogP contribution < -0.4 is 15.2 Å². The second-order valence-electron chi connectivity index (χ2n) is 2.68. The van der Waals surface area contributed by atoms with Crippen molar-refractivity contribution in [3.63, 3.8) is 0 Å². The molecule has 1 amide bonds. The predicted molar refractivity (Wildman–Crippen MR) is 47.8 cm³/mol. The van der Waals surface area contributed by atoms with Crippen LogP contribution in [0.25, 0.3) is 0 Å². The van der Waals surface area contributed by atoms with Gasteiger partial charge < -0.3 is 20.3 Å². The van der Waals surface area contributed by atoms with Crippen LogP contribution in [0, 0.1) is 0 Å². The summed E-state index contributed by atoms with van der Waals surface area (Å²) < 4.78 is 9.98. The Bertz CT molecular complexity index is 418. The number of phenols is 1. The molecule has 3 N–H and O–H groups in total. The van der Waals surface area contributed by atoms with Crippen LogP contribution in [0.5, 0.6) is 17.2 Å². The van der Waals surface area contributed by atoms with Gasteiger partial charge in [-0.3, -0.25) is 4.79 Å². The Kier molecular flexibility index (Phi) is 1.89. The van der Waals surface area contributed by atoms with Crippen LogP contribution in [0.15, 0.2) is 6.07 Å². The highest BCUT2D eigenvalue weighted by Crippen LogP contribution is 2.44. The summed E-state index contributed by atoms with van der Waals surface area (Å²) in [6.45, 7) is -0.0185. The van der Waals surface area contributed by atoms with E-state index in [1.54, 1.807) is 0 Å². The van der Waals surface area contributed by atoms with Crippen LogP contribution in [-0.2, 0) is 0 Å². The molecule has 0 atom stereocenters. The average molecular weight is 216 g/mol. The number of primary amides is 1. The molecule has 0 radical (unpaired) electrons. The quantitative estimate of drug-likeness (QED) is 0.728. The standard InChI is InChI=1S/C8H6ClNO4/c9-3-1-4-7(14-2-13-4)5(6(3)11)8(10)12/h1,11H,2H2,(H2,10,12). The van der Waals surface area contributed by atoms with E-state index < -0.39 is 5.91 Å². The molecule has 1 aromatic rings. The lowest BCUT2D eigenvalue weighted by Gasteiger charge is -2.05. The Hall–Kier alpha value is -1.62. The molecular weight excluding hydrogens is 210 g/mol. The van der Waals surface area contributed by atoms with E-state index in [0.29, 0.717) is 5.75 Å². The minimum absolute atomic E-state index is 0.00282. The first-order valence-electron chi connectivity index (χ1n) is 3.72. The third-order valence-corrected chi connectivity index (χ3v) is 2.12. The smallest absolute Gasteiger partial charge is 0.256 e. The lowest BCUT2D eigenvalue weighted by Crippen LogP contribution is -2.12. The molecule has 0 unspecified atom stereocenters. The minimum atomic E-state index is -0.813. The maximum Gasteiger partial charge on any atom is 0.256 e. The van der Waals surface area contributed by atoms with E-state index in [-0.39, 0.29) is 28.9 Å². The van der Waals surface area contributed by atoms with Gasteiger partial charge in [-0.15, -0.1) is 0 Å². The second-order valence-corrected chi connectivity index (χ2v) is 3.09. The van der Waals surface area contributed by atoms with E-state index in [1.807, 2.05) is 0 Å². The van der Waals surface area contributed by atoms with Gasteiger partial charge >= 0.3 is 0 Å². The minimum Gasteiger partial charge on any atom is -0.505 e. The molecule has 2 rings (SSSR count). The van der Waals surface area contributed by atoms with Gasteiger partial charge in [-0.05, 0) is 0 Å². The molecule has 1 aromatic carbocycles. The van der Waals surface area contributed by atoms with Gasteiger partial charge in [0.2, 0.25) is 6.79 Å². The molecular formula is C8H6ClNO4. The first-order valence-corrected chi connectivity index (χ1v) is 4.10. The summed E-state index contributed by atoms with van der Waals surface area (Å²) in [5.74, 6) is -0.754. The van der Waals surface area contributed by atoms with E-state index in [0.717, 1.165) is 0 Å². The number of hydrogen-bond acceptors (Lipinski definition) is 4. The molecule has 74 valence electrons. The highest BCUT2D eigenvalue weighted by atomic mass is 35.5. The molecule has 0 aromatic heterocycles. The van der Waals surface area contributed by atoms with Crippen LogP contribution in [0.4, 0.5) is 0 Å². The third kappa shape index (κ3) is 1.13. The van der Waals surface area contributed by atoms with E-state index in [4.69, 9.17) is 26.8 Å². The molecule has 0 bridgehead atoms. The molecule has 0 aliphatic carbocycles. The molecule has 14 heavy (non-hydrogen) atoms. The number of carbonyl (C=O) groups excluding carboxylic acids is 1. The molecule has 6 heteroatoms. The number of fused-ring (bicyclic) bond motifs is 1. The van der Waals surface area contributed by atoms with E-state index >= 15 is 0 Å². The summed E-state index contributed by atoms with van der Waals surface area (Å²) in [7, 11) is 0. The van der Waals surface area contributed by atoms with Crippen molar-refractivity contribution in [3.05, 3.63) is 16.7 Å². The van der Waals surface area contributed by atoms with Crippen molar-refractivity contribution in [1.29, 1.82) is 0 Å². The Morgan fingerprint density at radius 3 is 2.93 bits per heavy atom. The van der Waals surface area contributed by atoms with Crippen molar-refractivity contribution in [2.75, 3.05) is 6.79 Å². The number of halogens is 1. The van der Waals surface area contributed by atoms with Gasteiger partial charge in [0.1, 0.15) is 5.56 Å². The Labute approximate surface area is 84.0 Å². The fraction of sp³-hybridized carbons (Fsp3) is 0.125. The molecule has 1 aliphatic heterocycles. The van der Waals surface area contributed by atoms with Gasteiger partial charge in [-0.2, -0.15) is 0 Å². The van der Waals surface area contributed by atoms with E-state index in [2.05, 4.69) is 0 Å². The fourth-order valence-corrected chi connectivity index (χ4v) is 1.42. The van der Waals surface area contributed by atoms with Crippen molar-refractivity contribution >= 4 is 17.5 Å². The Balaban J connectivity index is 2.72. The number of benzene rings is 1. The van der Waals surface area contributed by atoms with E-state index in [9.17, 15) is 9.90 Å². The largest absolute Gasteiger partial charge is 0.505 e. The lowest BCUT2D eigenvalue weighted by atomic mass is 10.1. The van der Waals surface area contributed by atoms with Crippen LogP contribution in [0.2, 0.25) is 5.02 Å². The van der Waals surface area contributed by atoms with Gasteiger partial charge in [0.05, 0.1) is 5.02 Å². The van der Waals surface area contributed by atoms with Gasteiger partial charge in [0.15, 0.2) is 17.2 Å². The normalized spacial score (nSPS) is 12.9. The van der Waals surface area contributed by atoms with Crippen LogP contribution in [0.3, 0.4) is 0 Å². The number of hydrogen-bond donors (Lipinski definition) is 2. The van der Waals surface area contributed by atoms with Gasteiger partial charge in [-0.1, -0.05) is 11.6 Å². The second kappa shape index (κ2) is 2.95. The van der Waals surface area contributed by atoms with Gasteiger partial charge in [0.25, 0.3) is 5.91 Å². The maximum atomic E-state index is 11.0. The highest BCUT2D eigenvalue weighted by molar-refractivity contribution is 6.33. The van der Waals surface area contributed by atoms with Crippen LogP contribution >= 0.6 is 11.6 Å². The van der Waals surface area contributed by atoms with Crippen LogP contribution in [0.1, 0.15) is 10.4 Å². The molecule has 0 saturated carbocycles. The van der Waals surface area contributed by atoms with Gasteiger partial charge in [0, 0.05) is 6.07 Å². The number of rotatable bonds is 1. The maximum absolute atomic E-state index is 11.0. The first-order chi connectivity index (χ1) is 6.61. The van der Waals surface area contributed by atoms with Crippen molar-refractivity contribution < 1.29 is 19.4 Å².